The average Bonchev–Trinajstić information content (AvgIpc) is 3.38. The fraction of sp³-hybridized carbons (Fsp3) is 0.270. The molecule has 5 rings (SSSR count). The van der Waals surface area contributed by atoms with Crippen LogP contribution in [0.15, 0.2) is 83.1 Å². The minimum Gasteiger partial charge on any atom is -0.490 e. The van der Waals surface area contributed by atoms with E-state index in [1.807, 2.05) is 57.2 Å². The average molecular weight is 737 g/mol. The summed E-state index contributed by atoms with van der Waals surface area (Å²) in [5, 5.41) is 21.3. The first-order valence-electron chi connectivity index (χ1n) is 16.1. The van der Waals surface area contributed by atoms with Crippen LogP contribution in [-0.2, 0) is 16.1 Å². The van der Waals surface area contributed by atoms with Crippen molar-refractivity contribution in [1.29, 1.82) is 0 Å². The smallest absolute Gasteiger partial charge is 0.337 e. The zero-order valence-corrected chi connectivity index (χ0v) is 30.3. The van der Waals surface area contributed by atoms with Crippen molar-refractivity contribution >= 4 is 41.4 Å². The van der Waals surface area contributed by atoms with Crippen LogP contribution < -0.4 is 30.3 Å². The number of halogens is 2. The number of rotatable bonds is 14. The Morgan fingerprint density at radius 3 is 2.49 bits per heavy atom. The number of aryl methyl sites for hydroxylation is 1. The number of methoxy groups -OCH3 is 1. The number of esters is 1. The molecular formula is C37H39Cl2N5O7. The van der Waals surface area contributed by atoms with Crippen LogP contribution in [0.3, 0.4) is 0 Å². The van der Waals surface area contributed by atoms with E-state index < -0.39 is 24.3 Å². The lowest BCUT2D eigenvalue weighted by atomic mass is 9.95. The Bertz CT molecular complexity index is 1960. The first-order valence-corrected chi connectivity index (χ1v) is 16.8. The summed E-state index contributed by atoms with van der Waals surface area (Å²) < 4.78 is 24.6. The molecule has 0 unspecified atom stereocenters. The summed E-state index contributed by atoms with van der Waals surface area (Å²) in [5.41, 5.74) is 8.56. The Kier molecular flexibility index (Phi) is 12.1. The molecule has 1 aromatic heterocycles. The highest BCUT2D eigenvalue weighted by Crippen LogP contribution is 2.35. The van der Waals surface area contributed by atoms with Gasteiger partial charge in [-0.05, 0) is 87.9 Å². The third-order valence-corrected chi connectivity index (χ3v) is 8.66. The van der Waals surface area contributed by atoms with Crippen molar-refractivity contribution in [3.05, 3.63) is 116 Å². The monoisotopic (exact) mass is 735 g/mol. The number of carbonyl (C=O) groups is 2. The SMILES string of the molecule is CCOc1cc([C@H]2NC(=O)NC(C)=C2C(=O)OC)ccc1OC[C@H](O)N/N=C/c1cc(C)n(-c2ccc(OCc3ccc(Cl)cc3Cl)cc2)c1C. The zero-order chi connectivity index (χ0) is 36.7. The summed E-state index contributed by atoms with van der Waals surface area (Å²) in [6.07, 6.45) is 0.492. The molecule has 0 spiro atoms. The van der Waals surface area contributed by atoms with E-state index in [1.165, 1.54) is 7.11 Å². The minimum atomic E-state index is -1.14. The molecule has 0 bridgehead atoms. The van der Waals surface area contributed by atoms with Crippen LogP contribution in [0.2, 0.25) is 10.0 Å². The maximum Gasteiger partial charge on any atom is 0.337 e. The van der Waals surface area contributed by atoms with Gasteiger partial charge in [-0.25, -0.2) is 9.59 Å². The number of ether oxygens (including phenoxy) is 4. The van der Waals surface area contributed by atoms with Gasteiger partial charge in [-0.2, -0.15) is 5.10 Å². The molecular weight excluding hydrogens is 697 g/mol. The summed E-state index contributed by atoms with van der Waals surface area (Å²) in [6.45, 7) is 7.94. The van der Waals surface area contributed by atoms with E-state index >= 15 is 0 Å². The highest BCUT2D eigenvalue weighted by molar-refractivity contribution is 6.35. The van der Waals surface area contributed by atoms with Crippen LogP contribution >= 0.6 is 23.2 Å². The Labute approximate surface area is 305 Å². The second kappa shape index (κ2) is 16.7. The van der Waals surface area contributed by atoms with Gasteiger partial charge >= 0.3 is 12.0 Å². The molecule has 0 aliphatic carbocycles. The van der Waals surface area contributed by atoms with E-state index in [0.29, 0.717) is 51.8 Å². The largest absolute Gasteiger partial charge is 0.490 e. The molecule has 2 atom stereocenters. The van der Waals surface area contributed by atoms with E-state index in [-0.39, 0.29) is 12.2 Å². The fourth-order valence-electron chi connectivity index (χ4n) is 5.62. The quantitative estimate of drug-likeness (QED) is 0.0497. The summed E-state index contributed by atoms with van der Waals surface area (Å²) in [4.78, 5) is 24.7. The molecule has 3 aromatic carbocycles. The predicted molar refractivity (Wildman–Crippen MR) is 195 cm³/mol. The number of hydrogen-bond acceptors (Lipinski definition) is 9. The van der Waals surface area contributed by atoms with E-state index in [4.69, 9.17) is 42.1 Å². The van der Waals surface area contributed by atoms with Crippen molar-refractivity contribution in [2.75, 3.05) is 20.3 Å². The zero-order valence-electron chi connectivity index (χ0n) is 28.8. The molecule has 0 fully saturated rings. The first kappa shape index (κ1) is 37.1. The fourth-order valence-corrected chi connectivity index (χ4v) is 6.08. The molecule has 268 valence electrons. The number of allylic oxidation sites excluding steroid dienone is 1. The van der Waals surface area contributed by atoms with Crippen LogP contribution in [0.4, 0.5) is 4.79 Å². The van der Waals surface area contributed by atoms with Crippen molar-refractivity contribution in [3.8, 4) is 22.9 Å². The number of urea groups is 1. The summed E-state index contributed by atoms with van der Waals surface area (Å²) in [5.74, 6) is 0.865. The van der Waals surface area contributed by atoms with Crippen molar-refractivity contribution in [2.45, 2.75) is 46.6 Å². The van der Waals surface area contributed by atoms with E-state index in [0.717, 1.165) is 28.2 Å². The standard InChI is InChI=1S/C37H39Cl2N5O7/c1-6-49-32-16-24(35-34(36(46)48-5)22(3)41-37(47)42-35)8-14-31(32)51-20-33(45)43-40-18-26-15-21(2)44(23(26)4)28-10-12-29(13-11-28)50-19-25-7-9-27(38)17-30(25)39/h7-18,33,35,43,45H,6,19-20H2,1-5H3,(H2,41,42,47)/b40-18+/t33-,35+/m0/s1. The van der Waals surface area contributed by atoms with Crippen molar-refractivity contribution < 1.29 is 33.6 Å². The van der Waals surface area contributed by atoms with Gasteiger partial charge in [0, 0.05) is 43.9 Å². The number of hydrogen-bond donors (Lipinski definition) is 4. The second-order valence-corrected chi connectivity index (χ2v) is 12.4. The van der Waals surface area contributed by atoms with E-state index in [9.17, 15) is 14.7 Å². The molecule has 51 heavy (non-hydrogen) atoms. The molecule has 0 saturated carbocycles. The van der Waals surface area contributed by atoms with Crippen LogP contribution in [0, 0.1) is 13.8 Å². The van der Waals surface area contributed by atoms with Gasteiger partial charge in [0.25, 0.3) is 0 Å². The maximum absolute atomic E-state index is 12.5. The van der Waals surface area contributed by atoms with Crippen LogP contribution in [0.25, 0.3) is 5.69 Å². The molecule has 14 heteroatoms. The van der Waals surface area contributed by atoms with E-state index in [1.54, 1.807) is 43.5 Å². The molecule has 2 heterocycles. The lowest BCUT2D eigenvalue weighted by Crippen LogP contribution is -2.45. The first-order chi connectivity index (χ1) is 24.5. The Morgan fingerprint density at radius 2 is 1.78 bits per heavy atom. The number of amides is 2. The third kappa shape index (κ3) is 8.95. The number of nitrogens with one attached hydrogen (secondary N) is 3. The Balaban J connectivity index is 1.19. The van der Waals surface area contributed by atoms with Crippen molar-refractivity contribution in [3.63, 3.8) is 0 Å². The molecule has 4 N–H and O–H groups in total. The molecule has 2 amide bonds. The van der Waals surface area contributed by atoms with Gasteiger partial charge in [-0.1, -0.05) is 35.3 Å². The third-order valence-electron chi connectivity index (χ3n) is 8.07. The van der Waals surface area contributed by atoms with Crippen molar-refractivity contribution in [1.82, 2.24) is 20.6 Å². The number of benzene rings is 3. The Morgan fingerprint density at radius 1 is 1.02 bits per heavy atom. The highest BCUT2D eigenvalue weighted by Gasteiger charge is 2.32. The van der Waals surface area contributed by atoms with Crippen LogP contribution in [0.5, 0.6) is 17.2 Å². The molecule has 12 nitrogen and oxygen atoms in total. The Hall–Kier alpha value is -5.17. The summed E-state index contributed by atoms with van der Waals surface area (Å²) in [6, 6.07) is 18.9. The van der Waals surface area contributed by atoms with Gasteiger partial charge in [0.1, 0.15) is 19.0 Å². The number of hydrazone groups is 1. The molecule has 4 aromatic rings. The normalized spacial score (nSPS) is 14.9. The molecule has 1 aliphatic heterocycles. The van der Waals surface area contributed by atoms with Gasteiger partial charge in [0.15, 0.2) is 17.7 Å². The van der Waals surface area contributed by atoms with Gasteiger partial charge in [-0.15, -0.1) is 0 Å². The molecule has 1 aliphatic rings. The molecule has 0 saturated heterocycles. The number of aromatic nitrogens is 1. The van der Waals surface area contributed by atoms with Crippen molar-refractivity contribution in [2.24, 2.45) is 5.10 Å². The lowest BCUT2D eigenvalue weighted by molar-refractivity contribution is -0.136. The van der Waals surface area contributed by atoms with Gasteiger partial charge in [-0.3, -0.25) is 5.43 Å². The van der Waals surface area contributed by atoms with E-state index in [2.05, 4.69) is 25.7 Å². The predicted octanol–water partition coefficient (Wildman–Crippen LogP) is 6.50. The van der Waals surface area contributed by atoms with Crippen LogP contribution in [-0.4, -0.2) is 54.4 Å². The maximum atomic E-state index is 12.5. The molecule has 0 radical (unpaired) electrons. The number of nitrogens with zero attached hydrogens (tertiary/aromatic N) is 2. The van der Waals surface area contributed by atoms with Gasteiger partial charge in [0.2, 0.25) is 0 Å². The second-order valence-electron chi connectivity index (χ2n) is 11.6. The summed E-state index contributed by atoms with van der Waals surface area (Å²) in [7, 11) is 1.28. The number of carbonyl (C=O) groups excluding carboxylic acids is 2. The summed E-state index contributed by atoms with van der Waals surface area (Å²) >= 11 is 12.3. The van der Waals surface area contributed by atoms with Crippen LogP contribution in [0.1, 0.15) is 48.0 Å². The number of aliphatic hydroxyl groups is 1. The minimum absolute atomic E-state index is 0.148. The topological polar surface area (TPSA) is 145 Å². The number of aliphatic hydroxyl groups excluding tert-OH is 1. The van der Waals surface area contributed by atoms with Gasteiger partial charge < -0.3 is 39.3 Å². The highest BCUT2D eigenvalue weighted by atomic mass is 35.5. The van der Waals surface area contributed by atoms with Gasteiger partial charge in [0.05, 0.1) is 31.5 Å². The lowest BCUT2D eigenvalue weighted by Gasteiger charge is -2.28.